The Morgan fingerprint density at radius 3 is 2.11 bits per heavy atom. The Bertz CT molecular complexity index is 1130. The van der Waals surface area contributed by atoms with Crippen LogP contribution in [-0.4, -0.2) is 63.9 Å². The summed E-state index contributed by atoms with van der Waals surface area (Å²) in [4.78, 5) is 41.4. The molecule has 2 aromatic rings. The maximum Gasteiger partial charge on any atom is 0.408 e. The number of aromatic hydroxyl groups is 1. The Labute approximate surface area is 223 Å². The molecule has 0 aromatic heterocycles. The first-order valence-electron chi connectivity index (χ1n) is 12.3. The molecule has 2 rings (SSSR count). The highest BCUT2D eigenvalue weighted by Crippen LogP contribution is 2.36. The molecule has 0 aliphatic carbocycles. The van der Waals surface area contributed by atoms with Crippen LogP contribution in [0.5, 0.6) is 11.5 Å². The number of ether oxygens (including phenoxy) is 2. The van der Waals surface area contributed by atoms with Crippen molar-refractivity contribution >= 4 is 23.6 Å². The molecule has 208 valence electrons. The molecule has 0 saturated heterocycles. The maximum absolute atomic E-state index is 13.9. The molecule has 2 unspecified atom stereocenters. The quantitative estimate of drug-likeness (QED) is 0.407. The van der Waals surface area contributed by atoms with Gasteiger partial charge in [-0.2, -0.15) is 0 Å². The molecule has 0 aliphatic rings. The van der Waals surface area contributed by atoms with Crippen LogP contribution >= 0.6 is 0 Å². The van der Waals surface area contributed by atoms with Crippen molar-refractivity contribution in [2.75, 3.05) is 19.0 Å². The van der Waals surface area contributed by atoms with Crippen molar-refractivity contribution < 1.29 is 34.1 Å². The molecule has 0 aliphatic heterocycles. The molecule has 0 fully saturated rings. The van der Waals surface area contributed by atoms with Gasteiger partial charge in [-0.05, 0) is 78.3 Å². The number of hydrogen-bond acceptors (Lipinski definition) is 7. The van der Waals surface area contributed by atoms with Crippen molar-refractivity contribution in [2.45, 2.75) is 71.7 Å². The first kappa shape index (κ1) is 30.4. The summed E-state index contributed by atoms with van der Waals surface area (Å²) in [6.45, 7) is 11.1. The highest BCUT2D eigenvalue weighted by Gasteiger charge is 2.43. The molecule has 0 saturated carbocycles. The smallest absolute Gasteiger partial charge is 0.408 e. The van der Waals surface area contributed by atoms with E-state index in [4.69, 9.17) is 9.47 Å². The number of methoxy groups -OCH3 is 1. The Balaban J connectivity index is 2.57. The largest absolute Gasteiger partial charge is 0.507 e. The van der Waals surface area contributed by atoms with Gasteiger partial charge in [-0.15, -0.1) is 0 Å². The zero-order chi connectivity index (χ0) is 28.8. The highest BCUT2D eigenvalue weighted by atomic mass is 16.6. The molecule has 0 bridgehead atoms. The average molecular weight is 530 g/mol. The summed E-state index contributed by atoms with van der Waals surface area (Å²) in [5.74, 6) is -0.888. The number of hydrogen-bond donors (Lipinski definition) is 4. The van der Waals surface area contributed by atoms with Crippen molar-refractivity contribution in [3.8, 4) is 11.5 Å². The summed E-state index contributed by atoms with van der Waals surface area (Å²) < 4.78 is 10.4. The van der Waals surface area contributed by atoms with Gasteiger partial charge < -0.3 is 35.2 Å². The van der Waals surface area contributed by atoms with Crippen LogP contribution in [0, 0.1) is 6.92 Å². The topological polar surface area (TPSA) is 137 Å². The van der Waals surface area contributed by atoms with Gasteiger partial charge in [0.25, 0.3) is 5.91 Å². The van der Waals surface area contributed by atoms with Crippen LogP contribution in [0.4, 0.5) is 10.5 Å². The highest BCUT2D eigenvalue weighted by molar-refractivity contribution is 5.99. The molecular weight excluding hydrogens is 490 g/mol. The van der Waals surface area contributed by atoms with Crippen molar-refractivity contribution in [1.82, 2.24) is 10.2 Å². The number of aliphatic hydroxyl groups excluding tert-OH is 1. The Morgan fingerprint density at radius 2 is 1.61 bits per heavy atom. The molecule has 2 aromatic carbocycles. The van der Waals surface area contributed by atoms with Gasteiger partial charge >= 0.3 is 6.09 Å². The molecule has 38 heavy (non-hydrogen) atoms. The third-order valence-corrected chi connectivity index (χ3v) is 5.56. The maximum atomic E-state index is 13.9. The minimum Gasteiger partial charge on any atom is -0.507 e. The van der Waals surface area contributed by atoms with E-state index in [9.17, 15) is 24.6 Å². The van der Waals surface area contributed by atoms with Gasteiger partial charge in [0.05, 0.1) is 13.7 Å². The Morgan fingerprint density at radius 1 is 1.00 bits per heavy atom. The van der Waals surface area contributed by atoms with Crippen LogP contribution in [0.2, 0.25) is 0 Å². The number of aliphatic hydroxyl groups is 1. The van der Waals surface area contributed by atoms with Crippen molar-refractivity contribution in [1.29, 1.82) is 0 Å². The molecular formula is C28H39N3O7. The van der Waals surface area contributed by atoms with E-state index >= 15 is 0 Å². The van der Waals surface area contributed by atoms with Gasteiger partial charge in [0.2, 0.25) is 5.91 Å². The molecule has 4 N–H and O–H groups in total. The lowest BCUT2D eigenvalue weighted by molar-refractivity contribution is -0.147. The predicted molar refractivity (Wildman–Crippen MR) is 144 cm³/mol. The molecule has 3 amide bonds. The number of amides is 3. The number of carbonyl (C=O) groups excluding carboxylic acids is 3. The van der Waals surface area contributed by atoms with Crippen LogP contribution in [-0.2, 0) is 14.3 Å². The molecule has 10 nitrogen and oxygen atoms in total. The summed E-state index contributed by atoms with van der Waals surface area (Å²) in [6, 6.07) is 8.82. The Kier molecular flexibility index (Phi) is 9.75. The fraction of sp³-hybridized carbons (Fsp3) is 0.464. The SMILES string of the molecule is COc1ccc(NC(=O)C(c2cccc(C)c2O)N(C(=O)C(CO)NC(=O)OC(C)(C)C)C(C)(C)C)cc1. The number of phenolic OH excluding ortho intramolecular Hbond substituents is 1. The van der Waals surface area contributed by atoms with Gasteiger partial charge in [0.15, 0.2) is 0 Å². The fourth-order valence-electron chi connectivity index (χ4n) is 3.83. The predicted octanol–water partition coefficient (Wildman–Crippen LogP) is 3.90. The normalized spacial score (nSPS) is 13.2. The van der Waals surface area contributed by atoms with E-state index in [1.165, 1.54) is 12.0 Å². The van der Waals surface area contributed by atoms with E-state index in [1.807, 2.05) is 0 Å². The van der Waals surface area contributed by atoms with Crippen LogP contribution in [0.15, 0.2) is 42.5 Å². The fourth-order valence-corrected chi connectivity index (χ4v) is 3.83. The van der Waals surface area contributed by atoms with E-state index in [-0.39, 0.29) is 11.3 Å². The summed E-state index contributed by atoms with van der Waals surface area (Å²) in [5.41, 5.74) is -0.673. The summed E-state index contributed by atoms with van der Waals surface area (Å²) >= 11 is 0. The van der Waals surface area contributed by atoms with E-state index in [1.54, 1.807) is 90.9 Å². The third-order valence-electron chi connectivity index (χ3n) is 5.56. The van der Waals surface area contributed by atoms with Crippen LogP contribution in [0.25, 0.3) is 0 Å². The monoisotopic (exact) mass is 529 g/mol. The number of nitrogens with zero attached hydrogens (tertiary/aromatic N) is 1. The van der Waals surface area contributed by atoms with Gasteiger partial charge in [-0.3, -0.25) is 9.59 Å². The van der Waals surface area contributed by atoms with Crippen LogP contribution in [0.3, 0.4) is 0 Å². The molecule has 10 heteroatoms. The number of benzene rings is 2. The van der Waals surface area contributed by atoms with E-state index < -0.39 is 47.7 Å². The van der Waals surface area contributed by atoms with Crippen LogP contribution in [0.1, 0.15) is 58.7 Å². The number of phenols is 1. The Hall–Kier alpha value is -3.79. The van der Waals surface area contributed by atoms with E-state index in [0.717, 1.165) is 0 Å². The second-order valence-corrected chi connectivity index (χ2v) is 10.9. The number of carbonyl (C=O) groups is 3. The van der Waals surface area contributed by atoms with Gasteiger partial charge in [0.1, 0.15) is 29.2 Å². The molecule has 0 heterocycles. The third kappa shape index (κ3) is 7.85. The van der Waals surface area contributed by atoms with E-state index in [0.29, 0.717) is 17.0 Å². The number of aryl methyl sites for hydroxylation is 1. The lowest BCUT2D eigenvalue weighted by Gasteiger charge is -2.43. The molecule has 0 spiro atoms. The summed E-state index contributed by atoms with van der Waals surface area (Å²) in [7, 11) is 1.53. The van der Waals surface area contributed by atoms with Gasteiger partial charge in [-0.1, -0.05) is 18.2 Å². The zero-order valence-corrected chi connectivity index (χ0v) is 23.3. The minimum absolute atomic E-state index is 0.148. The molecule has 2 atom stereocenters. The van der Waals surface area contributed by atoms with Gasteiger partial charge in [0, 0.05) is 16.8 Å². The van der Waals surface area contributed by atoms with Crippen molar-refractivity contribution in [3.05, 3.63) is 53.6 Å². The lowest BCUT2D eigenvalue weighted by atomic mass is 9.93. The summed E-state index contributed by atoms with van der Waals surface area (Å²) in [6.07, 6.45) is -0.892. The van der Waals surface area contributed by atoms with Crippen molar-refractivity contribution in [3.63, 3.8) is 0 Å². The number of nitrogens with one attached hydrogen (secondary N) is 2. The number of para-hydroxylation sites is 1. The number of alkyl carbamates (subject to hydrolysis) is 1. The van der Waals surface area contributed by atoms with Crippen LogP contribution < -0.4 is 15.4 Å². The second-order valence-electron chi connectivity index (χ2n) is 10.9. The molecule has 0 radical (unpaired) electrons. The lowest BCUT2D eigenvalue weighted by Crippen LogP contribution is -2.59. The van der Waals surface area contributed by atoms with Crippen molar-refractivity contribution in [2.24, 2.45) is 0 Å². The second kappa shape index (κ2) is 12.2. The number of rotatable bonds is 8. The van der Waals surface area contributed by atoms with Gasteiger partial charge in [-0.25, -0.2) is 4.79 Å². The van der Waals surface area contributed by atoms with E-state index in [2.05, 4.69) is 10.6 Å². The number of anilines is 1. The standard InChI is InChI=1S/C28H39N3O7/c1-17-10-9-11-20(23(17)33)22(24(34)29-18-12-14-19(37-8)15-13-18)31(27(2,3)4)25(35)21(16-32)30-26(36)38-28(5,6)7/h9-15,21-22,32-33H,16H2,1-8H3,(H,29,34)(H,30,36). The first-order valence-corrected chi connectivity index (χ1v) is 12.3. The average Bonchev–Trinajstić information content (AvgIpc) is 2.81. The minimum atomic E-state index is -1.41. The summed E-state index contributed by atoms with van der Waals surface area (Å²) in [5, 5.41) is 26.2. The zero-order valence-electron chi connectivity index (χ0n) is 23.3. The first-order chi connectivity index (χ1) is 17.6.